The molecule has 0 radical (unpaired) electrons. The quantitative estimate of drug-likeness (QED) is 0.904. The van der Waals surface area contributed by atoms with Crippen molar-refractivity contribution in [1.29, 1.82) is 0 Å². The van der Waals surface area contributed by atoms with Crippen molar-refractivity contribution in [2.75, 3.05) is 19.6 Å². The fraction of sp³-hybridized carbons (Fsp3) is 0.412. The van der Waals surface area contributed by atoms with Crippen molar-refractivity contribution in [2.45, 2.75) is 19.3 Å². The number of likely N-dealkylation sites (tertiary alicyclic amines) is 1. The van der Waals surface area contributed by atoms with Gasteiger partial charge < -0.3 is 15.3 Å². The van der Waals surface area contributed by atoms with Gasteiger partial charge in [-0.1, -0.05) is 18.2 Å². The Morgan fingerprint density at radius 2 is 2.00 bits per heavy atom. The highest BCUT2D eigenvalue weighted by atomic mass is 32.1. The van der Waals surface area contributed by atoms with E-state index < -0.39 is 5.97 Å². The number of hydrogen-bond donors (Lipinski definition) is 2. The molecule has 2 heterocycles. The van der Waals surface area contributed by atoms with Crippen molar-refractivity contribution in [2.24, 2.45) is 5.92 Å². The van der Waals surface area contributed by atoms with Crippen LogP contribution in [-0.2, 0) is 11.2 Å². The van der Waals surface area contributed by atoms with Gasteiger partial charge in [0, 0.05) is 24.3 Å². The Kier molecular flexibility index (Phi) is 4.81. The number of carbonyl (C=O) groups excluding carboxylic acids is 1. The molecule has 2 amide bonds. The molecule has 6 heteroatoms. The highest BCUT2D eigenvalue weighted by Gasteiger charge is 2.26. The Hall–Kier alpha value is -2.08. The zero-order valence-electron chi connectivity index (χ0n) is 12.8. The fourth-order valence-corrected chi connectivity index (χ4v) is 3.97. The number of thiophene rings is 1. The van der Waals surface area contributed by atoms with Crippen molar-refractivity contribution >= 4 is 33.4 Å². The molecule has 1 fully saturated rings. The summed E-state index contributed by atoms with van der Waals surface area (Å²) in [7, 11) is 0. The largest absolute Gasteiger partial charge is 0.481 e. The molecule has 2 aromatic rings. The predicted molar refractivity (Wildman–Crippen MR) is 90.9 cm³/mol. The number of urea groups is 1. The standard InChI is InChI=1S/C17H20N2O3S/c20-16(21)12-6-9-19(10-7-12)17(22)18-8-5-13-11-23-15-4-2-1-3-14(13)15/h1-4,11-12H,5-10H2,(H,18,22)(H,20,21). The summed E-state index contributed by atoms with van der Waals surface area (Å²) in [4.78, 5) is 24.8. The summed E-state index contributed by atoms with van der Waals surface area (Å²) in [6, 6.07) is 8.19. The second kappa shape index (κ2) is 7.00. The van der Waals surface area contributed by atoms with Crippen LogP contribution < -0.4 is 5.32 Å². The van der Waals surface area contributed by atoms with Gasteiger partial charge in [-0.05, 0) is 41.7 Å². The van der Waals surface area contributed by atoms with Gasteiger partial charge in [-0.2, -0.15) is 0 Å². The van der Waals surface area contributed by atoms with Gasteiger partial charge >= 0.3 is 12.0 Å². The highest BCUT2D eigenvalue weighted by molar-refractivity contribution is 7.17. The molecule has 3 rings (SSSR count). The number of carbonyl (C=O) groups is 2. The molecular formula is C17H20N2O3S. The Labute approximate surface area is 138 Å². The molecule has 23 heavy (non-hydrogen) atoms. The van der Waals surface area contributed by atoms with Crippen molar-refractivity contribution in [3.05, 3.63) is 35.2 Å². The number of aliphatic carboxylic acids is 1. The van der Waals surface area contributed by atoms with Gasteiger partial charge in [0.15, 0.2) is 0 Å². The number of piperidine rings is 1. The fourth-order valence-electron chi connectivity index (χ4n) is 2.97. The van der Waals surface area contributed by atoms with Crippen LogP contribution in [0.5, 0.6) is 0 Å². The minimum atomic E-state index is -0.755. The number of carboxylic acid groups (broad SMARTS) is 1. The Morgan fingerprint density at radius 3 is 2.74 bits per heavy atom. The molecule has 1 aliphatic heterocycles. The molecule has 1 aliphatic rings. The van der Waals surface area contributed by atoms with E-state index in [1.54, 1.807) is 16.2 Å². The van der Waals surface area contributed by atoms with E-state index >= 15 is 0 Å². The van der Waals surface area contributed by atoms with Crippen LogP contribution in [0.2, 0.25) is 0 Å². The van der Waals surface area contributed by atoms with Crippen LogP contribution in [0.15, 0.2) is 29.6 Å². The minimum Gasteiger partial charge on any atom is -0.481 e. The number of carboxylic acids is 1. The maximum Gasteiger partial charge on any atom is 0.317 e. The number of benzene rings is 1. The van der Waals surface area contributed by atoms with Crippen LogP contribution in [0.1, 0.15) is 18.4 Å². The number of hydrogen-bond acceptors (Lipinski definition) is 3. The van der Waals surface area contributed by atoms with Crippen LogP contribution in [0, 0.1) is 5.92 Å². The second-order valence-electron chi connectivity index (χ2n) is 5.84. The van der Waals surface area contributed by atoms with Gasteiger partial charge in [-0.3, -0.25) is 4.79 Å². The molecule has 0 saturated carbocycles. The molecule has 2 N–H and O–H groups in total. The van der Waals surface area contributed by atoms with Crippen molar-refractivity contribution in [1.82, 2.24) is 10.2 Å². The van der Waals surface area contributed by atoms with E-state index in [1.807, 2.05) is 12.1 Å². The summed E-state index contributed by atoms with van der Waals surface area (Å²) in [6.45, 7) is 1.63. The first-order valence-electron chi connectivity index (χ1n) is 7.86. The summed E-state index contributed by atoms with van der Waals surface area (Å²) < 4.78 is 1.27. The molecule has 122 valence electrons. The first-order valence-corrected chi connectivity index (χ1v) is 8.74. The summed E-state index contributed by atoms with van der Waals surface area (Å²) in [6.07, 6.45) is 1.89. The van der Waals surface area contributed by atoms with Crippen LogP contribution in [0.25, 0.3) is 10.1 Å². The molecule has 1 aromatic carbocycles. The number of nitrogens with zero attached hydrogens (tertiary/aromatic N) is 1. The lowest BCUT2D eigenvalue weighted by Crippen LogP contribution is -2.45. The predicted octanol–water partition coefficient (Wildman–Crippen LogP) is 2.95. The molecule has 0 unspecified atom stereocenters. The zero-order chi connectivity index (χ0) is 16.2. The van der Waals surface area contributed by atoms with E-state index in [0.29, 0.717) is 32.5 Å². The van der Waals surface area contributed by atoms with Gasteiger partial charge in [0.2, 0.25) is 0 Å². The van der Waals surface area contributed by atoms with Gasteiger partial charge in [0.1, 0.15) is 0 Å². The Morgan fingerprint density at radius 1 is 1.26 bits per heavy atom. The molecule has 0 aliphatic carbocycles. The molecule has 1 saturated heterocycles. The van der Waals surface area contributed by atoms with Gasteiger partial charge in [-0.25, -0.2) is 4.79 Å². The molecular weight excluding hydrogens is 312 g/mol. The third kappa shape index (κ3) is 3.64. The molecule has 0 atom stereocenters. The lowest BCUT2D eigenvalue weighted by Gasteiger charge is -2.30. The smallest absolute Gasteiger partial charge is 0.317 e. The van der Waals surface area contributed by atoms with Crippen molar-refractivity contribution in [3.63, 3.8) is 0 Å². The van der Waals surface area contributed by atoms with Gasteiger partial charge in [-0.15, -0.1) is 11.3 Å². The van der Waals surface area contributed by atoms with Crippen LogP contribution in [-0.4, -0.2) is 41.6 Å². The molecule has 0 bridgehead atoms. The average Bonchev–Trinajstić information content (AvgIpc) is 2.98. The number of fused-ring (bicyclic) bond motifs is 1. The van der Waals surface area contributed by atoms with Gasteiger partial charge in [0.05, 0.1) is 5.92 Å². The van der Waals surface area contributed by atoms with E-state index in [9.17, 15) is 9.59 Å². The number of amides is 2. The molecule has 0 spiro atoms. The summed E-state index contributed by atoms with van der Waals surface area (Å²) in [5.74, 6) is -1.06. The Bertz CT molecular complexity index is 705. The van der Waals surface area contributed by atoms with E-state index in [0.717, 1.165) is 6.42 Å². The third-order valence-corrected chi connectivity index (χ3v) is 5.38. The summed E-state index contributed by atoms with van der Waals surface area (Å²) >= 11 is 1.73. The third-order valence-electron chi connectivity index (χ3n) is 4.36. The maximum atomic E-state index is 12.1. The van der Waals surface area contributed by atoms with Crippen molar-refractivity contribution in [3.8, 4) is 0 Å². The van der Waals surface area contributed by atoms with Crippen LogP contribution >= 0.6 is 11.3 Å². The van der Waals surface area contributed by atoms with E-state index in [4.69, 9.17) is 5.11 Å². The first kappa shape index (κ1) is 15.8. The summed E-state index contributed by atoms with van der Waals surface area (Å²) in [5.41, 5.74) is 1.26. The van der Waals surface area contributed by atoms with E-state index in [2.05, 4.69) is 22.8 Å². The molecule has 1 aromatic heterocycles. The van der Waals surface area contributed by atoms with E-state index in [-0.39, 0.29) is 11.9 Å². The number of nitrogens with one attached hydrogen (secondary N) is 1. The normalized spacial score (nSPS) is 15.7. The highest BCUT2D eigenvalue weighted by Crippen LogP contribution is 2.25. The van der Waals surface area contributed by atoms with Crippen LogP contribution in [0.3, 0.4) is 0 Å². The number of rotatable bonds is 4. The van der Waals surface area contributed by atoms with Crippen molar-refractivity contribution < 1.29 is 14.7 Å². The lowest BCUT2D eigenvalue weighted by atomic mass is 9.97. The average molecular weight is 332 g/mol. The summed E-state index contributed by atoms with van der Waals surface area (Å²) in [5, 5.41) is 15.3. The second-order valence-corrected chi connectivity index (χ2v) is 6.75. The Balaban J connectivity index is 1.47. The monoisotopic (exact) mass is 332 g/mol. The van der Waals surface area contributed by atoms with Crippen LogP contribution in [0.4, 0.5) is 4.79 Å². The molecule has 5 nitrogen and oxygen atoms in total. The van der Waals surface area contributed by atoms with E-state index in [1.165, 1.54) is 15.6 Å². The first-order chi connectivity index (χ1) is 11.1. The minimum absolute atomic E-state index is 0.0895. The van der Waals surface area contributed by atoms with Gasteiger partial charge in [0.25, 0.3) is 0 Å². The SMILES string of the molecule is O=C(O)C1CCN(C(=O)NCCc2csc3ccccc23)CC1. The topological polar surface area (TPSA) is 69.6 Å². The lowest BCUT2D eigenvalue weighted by molar-refractivity contribution is -0.143. The zero-order valence-corrected chi connectivity index (χ0v) is 13.6. The maximum absolute atomic E-state index is 12.1.